The summed E-state index contributed by atoms with van der Waals surface area (Å²) < 4.78 is 29.7. The number of rotatable bonds is 6. The molecule has 5 nitrogen and oxygen atoms in total. The fraction of sp³-hybridized carbons (Fsp3) is 0.400. The van der Waals surface area contributed by atoms with Gasteiger partial charge in [0.1, 0.15) is 5.76 Å². The van der Waals surface area contributed by atoms with Crippen LogP contribution in [-0.4, -0.2) is 33.4 Å². The van der Waals surface area contributed by atoms with E-state index in [1.54, 1.807) is 6.07 Å². The highest BCUT2D eigenvalue weighted by atomic mass is 35.5. The van der Waals surface area contributed by atoms with Gasteiger partial charge >= 0.3 is 0 Å². The van der Waals surface area contributed by atoms with Crippen molar-refractivity contribution in [2.24, 2.45) is 0 Å². The van der Waals surface area contributed by atoms with E-state index in [0.29, 0.717) is 23.9 Å². The summed E-state index contributed by atoms with van der Waals surface area (Å²) in [6, 6.07) is 3.04. The Morgan fingerprint density at radius 3 is 2.71 bits per heavy atom. The van der Waals surface area contributed by atoms with Crippen LogP contribution in [0.4, 0.5) is 0 Å². The molecule has 0 aliphatic heterocycles. The molecule has 0 saturated carbocycles. The van der Waals surface area contributed by atoms with E-state index in [9.17, 15) is 8.42 Å². The smallest absolute Gasteiger partial charge is 0.275 e. The van der Waals surface area contributed by atoms with Crippen LogP contribution in [0.3, 0.4) is 0 Å². The van der Waals surface area contributed by atoms with Crippen LogP contribution in [0, 0.1) is 0 Å². The Labute approximate surface area is 106 Å². The molecule has 0 fully saturated rings. The van der Waals surface area contributed by atoms with Crippen molar-refractivity contribution < 1.29 is 12.8 Å². The average molecular weight is 279 g/mol. The number of hydrogen-bond donors (Lipinski definition) is 1. The molecule has 0 amide bonds. The topological polar surface area (TPSA) is 62.6 Å². The number of halogens is 1. The highest BCUT2D eigenvalue weighted by Gasteiger charge is 2.21. The number of nitrogens with one attached hydrogen (secondary N) is 1. The van der Waals surface area contributed by atoms with Crippen molar-refractivity contribution in [3.05, 3.63) is 29.5 Å². The molecule has 0 radical (unpaired) electrons. The first kappa shape index (κ1) is 14.2. The summed E-state index contributed by atoms with van der Waals surface area (Å²) in [6.07, 6.45) is 0. The molecule has 1 aromatic rings. The van der Waals surface area contributed by atoms with Gasteiger partial charge in [0.25, 0.3) is 10.0 Å². The Bertz CT molecular complexity index is 493. The first-order chi connectivity index (χ1) is 7.84. The lowest BCUT2D eigenvalue weighted by Gasteiger charge is -2.07. The Hall–Kier alpha value is -0.820. The first-order valence-corrected chi connectivity index (χ1v) is 6.71. The third-order valence-electron chi connectivity index (χ3n) is 1.99. The van der Waals surface area contributed by atoms with Gasteiger partial charge in [-0.3, -0.25) is 0 Å². The van der Waals surface area contributed by atoms with Gasteiger partial charge in [-0.05, 0) is 12.1 Å². The van der Waals surface area contributed by atoms with Gasteiger partial charge in [-0.1, -0.05) is 18.2 Å². The zero-order valence-electron chi connectivity index (χ0n) is 9.73. The molecule has 1 rings (SSSR count). The van der Waals surface area contributed by atoms with E-state index >= 15 is 0 Å². The van der Waals surface area contributed by atoms with Crippen molar-refractivity contribution in [2.75, 3.05) is 20.6 Å². The second-order valence-electron chi connectivity index (χ2n) is 3.63. The van der Waals surface area contributed by atoms with Crippen molar-refractivity contribution in [1.29, 1.82) is 0 Å². The van der Waals surface area contributed by atoms with E-state index < -0.39 is 10.0 Å². The summed E-state index contributed by atoms with van der Waals surface area (Å²) >= 11 is 5.57. The van der Waals surface area contributed by atoms with E-state index in [2.05, 4.69) is 11.9 Å². The number of hydrogen-bond acceptors (Lipinski definition) is 4. The minimum atomic E-state index is -3.50. The van der Waals surface area contributed by atoms with Gasteiger partial charge in [0, 0.05) is 25.7 Å². The van der Waals surface area contributed by atoms with Gasteiger partial charge < -0.3 is 9.73 Å². The predicted octanol–water partition coefficient (Wildman–Crippen LogP) is 1.37. The molecule has 0 bridgehead atoms. The van der Waals surface area contributed by atoms with E-state index in [1.807, 2.05) is 0 Å². The molecule has 0 spiro atoms. The maximum absolute atomic E-state index is 11.7. The minimum Gasteiger partial charge on any atom is -0.447 e. The van der Waals surface area contributed by atoms with Crippen LogP contribution < -0.4 is 5.32 Å². The molecule has 1 aromatic heterocycles. The van der Waals surface area contributed by atoms with Crippen LogP contribution in [0.2, 0.25) is 0 Å². The van der Waals surface area contributed by atoms with Gasteiger partial charge in [0.15, 0.2) is 0 Å². The van der Waals surface area contributed by atoms with Crippen molar-refractivity contribution >= 4 is 21.6 Å². The van der Waals surface area contributed by atoms with Gasteiger partial charge in [-0.25, -0.2) is 12.7 Å². The lowest BCUT2D eigenvalue weighted by Crippen LogP contribution is -2.21. The van der Waals surface area contributed by atoms with Crippen LogP contribution >= 0.6 is 11.6 Å². The number of sulfonamides is 1. The summed E-state index contributed by atoms with van der Waals surface area (Å²) in [5.41, 5.74) is 0. The second-order valence-corrected chi connectivity index (χ2v) is 6.25. The highest BCUT2D eigenvalue weighted by Crippen LogP contribution is 2.16. The van der Waals surface area contributed by atoms with Crippen molar-refractivity contribution in [2.45, 2.75) is 11.6 Å². The normalized spacial score (nSPS) is 12.0. The van der Waals surface area contributed by atoms with Crippen LogP contribution in [0.25, 0.3) is 0 Å². The van der Waals surface area contributed by atoms with E-state index in [-0.39, 0.29) is 5.09 Å². The van der Waals surface area contributed by atoms with Crippen LogP contribution in [-0.2, 0) is 16.6 Å². The zero-order chi connectivity index (χ0) is 13.1. The molecule has 0 unspecified atom stereocenters. The molecule has 0 saturated heterocycles. The lowest BCUT2D eigenvalue weighted by atomic mass is 10.4. The molecular weight excluding hydrogens is 264 g/mol. The summed E-state index contributed by atoms with van der Waals surface area (Å²) in [4.78, 5) is 0. The van der Waals surface area contributed by atoms with Crippen LogP contribution in [0.5, 0.6) is 0 Å². The van der Waals surface area contributed by atoms with Crippen LogP contribution in [0.15, 0.2) is 33.3 Å². The Kier molecular flexibility index (Phi) is 4.76. The molecule has 1 heterocycles. The number of furan rings is 1. The standard InChI is InChI=1S/C10H15ClN2O3S/c1-8(11)6-12-7-9-4-5-10(16-9)17(14,15)13(2)3/h4-5,12H,1,6-7H2,2-3H3. The van der Waals surface area contributed by atoms with Crippen LogP contribution in [0.1, 0.15) is 5.76 Å². The Morgan fingerprint density at radius 1 is 1.53 bits per heavy atom. The summed E-state index contributed by atoms with van der Waals surface area (Å²) in [7, 11) is -0.599. The first-order valence-electron chi connectivity index (χ1n) is 4.89. The molecule has 0 aliphatic rings. The predicted molar refractivity (Wildman–Crippen MR) is 66.3 cm³/mol. The van der Waals surface area contributed by atoms with Gasteiger partial charge in [0.05, 0.1) is 6.54 Å². The van der Waals surface area contributed by atoms with Crippen molar-refractivity contribution in [1.82, 2.24) is 9.62 Å². The maximum Gasteiger partial charge on any atom is 0.275 e. The number of nitrogens with zero attached hydrogens (tertiary/aromatic N) is 1. The largest absolute Gasteiger partial charge is 0.447 e. The molecule has 0 aromatic carbocycles. The SMILES string of the molecule is C=C(Cl)CNCc1ccc(S(=O)(=O)N(C)C)o1. The Morgan fingerprint density at radius 2 is 2.18 bits per heavy atom. The van der Waals surface area contributed by atoms with E-state index in [0.717, 1.165) is 4.31 Å². The molecule has 96 valence electrons. The third kappa shape index (κ3) is 3.85. The fourth-order valence-corrected chi connectivity index (χ4v) is 2.00. The molecular formula is C10H15ClN2O3S. The summed E-state index contributed by atoms with van der Waals surface area (Å²) in [5, 5.41) is 3.38. The molecule has 17 heavy (non-hydrogen) atoms. The fourth-order valence-electron chi connectivity index (χ4n) is 1.09. The van der Waals surface area contributed by atoms with Gasteiger partial charge in [-0.2, -0.15) is 0 Å². The van der Waals surface area contributed by atoms with Gasteiger partial charge in [-0.15, -0.1) is 0 Å². The van der Waals surface area contributed by atoms with E-state index in [1.165, 1.54) is 20.2 Å². The average Bonchev–Trinajstić information content (AvgIpc) is 2.66. The van der Waals surface area contributed by atoms with Gasteiger partial charge in [0.2, 0.25) is 5.09 Å². The highest BCUT2D eigenvalue weighted by molar-refractivity contribution is 7.88. The zero-order valence-corrected chi connectivity index (χ0v) is 11.3. The quantitative estimate of drug-likeness (QED) is 0.854. The molecule has 7 heteroatoms. The minimum absolute atomic E-state index is 0.0657. The second kappa shape index (κ2) is 5.68. The summed E-state index contributed by atoms with van der Waals surface area (Å²) in [5.74, 6) is 0.531. The molecule has 1 N–H and O–H groups in total. The maximum atomic E-state index is 11.7. The lowest BCUT2D eigenvalue weighted by molar-refractivity contribution is 0.391. The van der Waals surface area contributed by atoms with E-state index in [4.69, 9.17) is 16.0 Å². The third-order valence-corrected chi connectivity index (χ3v) is 3.81. The Balaban J connectivity index is 2.69. The molecule has 0 atom stereocenters. The molecule has 0 aliphatic carbocycles. The summed E-state index contributed by atoms with van der Waals surface area (Å²) in [6.45, 7) is 4.36. The monoisotopic (exact) mass is 278 g/mol. The van der Waals surface area contributed by atoms with Crippen molar-refractivity contribution in [3.63, 3.8) is 0 Å². The van der Waals surface area contributed by atoms with Crippen molar-refractivity contribution in [3.8, 4) is 0 Å².